The van der Waals surface area contributed by atoms with E-state index in [9.17, 15) is 9.59 Å². The minimum atomic E-state index is -0.305. The number of amides is 2. The third kappa shape index (κ3) is 2.51. The lowest BCUT2D eigenvalue weighted by atomic mass is 9.68. The predicted octanol–water partition coefficient (Wildman–Crippen LogP) is 0.276. The third-order valence-electron chi connectivity index (χ3n) is 4.65. The predicted molar refractivity (Wildman–Crippen MR) is 68.4 cm³/mol. The fourth-order valence-corrected chi connectivity index (χ4v) is 2.99. The second-order valence-electron chi connectivity index (χ2n) is 5.76. The van der Waals surface area contributed by atoms with Gasteiger partial charge in [-0.1, -0.05) is 6.42 Å². The summed E-state index contributed by atoms with van der Waals surface area (Å²) < 4.78 is 0. The third-order valence-corrected chi connectivity index (χ3v) is 4.65. The fourth-order valence-electron chi connectivity index (χ4n) is 2.99. The summed E-state index contributed by atoms with van der Waals surface area (Å²) in [5, 5.41) is 3.10. The number of rotatable bonds is 4. The Morgan fingerprint density at radius 1 is 1.17 bits per heavy atom. The van der Waals surface area contributed by atoms with Crippen LogP contribution in [-0.2, 0) is 9.59 Å². The molecule has 0 atom stereocenters. The Labute approximate surface area is 108 Å². The fraction of sp³-hybridized carbons (Fsp3) is 0.846. The van der Waals surface area contributed by atoms with Gasteiger partial charge in [0.05, 0.1) is 5.41 Å². The number of hydrogen-bond acceptors (Lipinski definition) is 3. The van der Waals surface area contributed by atoms with E-state index >= 15 is 0 Å². The molecule has 0 aliphatic heterocycles. The highest BCUT2D eigenvalue weighted by Crippen LogP contribution is 2.40. The van der Waals surface area contributed by atoms with E-state index in [1.165, 1.54) is 0 Å². The van der Waals surface area contributed by atoms with Crippen molar-refractivity contribution in [2.45, 2.75) is 51.0 Å². The van der Waals surface area contributed by atoms with Gasteiger partial charge in [-0.2, -0.15) is 0 Å². The number of nitrogens with two attached hydrogens (primary N) is 2. The summed E-state index contributed by atoms with van der Waals surface area (Å²) in [6.07, 6.45) is 6.18. The minimum Gasteiger partial charge on any atom is -0.369 e. The molecular weight excluding hydrogens is 230 g/mol. The Balaban J connectivity index is 1.81. The Morgan fingerprint density at radius 3 is 2.17 bits per heavy atom. The summed E-state index contributed by atoms with van der Waals surface area (Å²) in [4.78, 5) is 23.2. The van der Waals surface area contributed by atoms with Gasteiger partial charge in [-0.15, -0.1) is 0 Å². The molecule has 0 spiro atoms. The van der Waals surface area contributed by atoms with Gasteiger partial charge in [0.2, 0.25) is 11.8 Å². The molecule has 2 amide bonds. The van der Waals surface area contributed by atoms with Crippen LogP contribution >= 0.6 is 0 Å². The number of carbonyl (C=O) groups excluding carboxylic acids is 2. The molecule has 102 valence electrons. The van der Waals surface area contributed by atoms with E-state index in [2.05, 4.69) is 5.32 Å². The first-order valence-electron chi connectivity index (χ1n) is 6.88. The Bertz CT molecular complexity index is 326. The number of hydrogen-bond donors (Lipinski definition) is 3. The second-order valence-corrected chi connectivity index (χ2v) is 5.76. The van der Waals surface area contributed by atoms with Crippen molar-refractivity contribution in [1.82, 2.24) is 5.32 Å². The highest BCUT2D eigenvalue weighted by atomic mass is 16.2. The Kier molecular flexibility index (Phi) is 3.90. The normalized spacial score (nSPS) is 30.3. The van der Waals surface area contributed by atoms with E-state index in [4.69, 9.17) is 11.5 Å². The van der Waals surface area contributed by atoms with Gasteiger partial charge in [-0.3, -0.25) is 9.59 Å². The molecule has 2 saturated carbocycles. The first kappa shape index (κ1) is 13.3. The zero-order valence-corrected chi connectivity index (χ0v) is 10.8. The number of primary amides is 1. The monoisotopic (exact) mass is 253 g/mol. The SMILES string of the molecule is NCC1(C(=O)NC2CCC(C(N)=O)CC2)CCC1. The van der Waals surface area contributed by atoms with E-state index in [1.54, 1.807) is 0 Å². The zero-order valence-electron chi connectivity index (χ0n) is 10.8. The van der Waals surface area contributed by atoms with Gasteiger partial charge in [0.1, 0.15) is 0 Å². The van der Waals surface area contributed by atoms with Crippen LogP contribution in [0.5, 0.6) is 0 Å². The largest absolute Gasteiger partial charge is 0.369 e. The van der Waals surface area contributed by atoms with E-state index in [-0.39, 0.29) is 29.2 Å². The van der Waals surface area contributed by atoms with Crippen LogP contribution in [0, 0.1) is 11.3 Å². The van der Waals surface area contributed by atoms with Crippen molar-refractivity contribution in [3.63, 3.8) is 0 Å². The van der Waals surface area contributed by atoms with Crippen molar-refractivity contribution in [3.05, 3.63) is 0 Å². The van der Waals surface area contributed by atoms with Crippen LogP contribution in [0.1, 0.15) is 44.9 Å². The summed E-state index contributed by atoms with van der Waals surface area (Å²) in [7, 11) is 0. The summed E-state index contributed by atoms with van der Waals surface area (Å²) >= 11 is 0. The Morgan fingerprint density at radius 2 is 1.78 bits per heavy atom. The van der Waals surface area contributed by atoms with Gasteiger partial charge in [0.25, 0.3) is 0 Å². The molecule has 0 bridgehead atoms. The summed E-state index contributed by atoms with van der Waals surface area (Å²) in [5.74, 6) is -0.110. The van der Waals surface area contributed by atoms with Crippen LogP contribution < -0.4 is 16.8 Å². The van der Waals surface area contributed by atoms with Gasteiger partial charge >= 0.3 is 0 Å². The maximum absolute atomic E-state index is 12.2. The molecule has 0 aromatic heterocycles. The first-order valence-corrected chi connectivity index (χ1v) is 6.88. The van der Waals surface area contributed by atoms with Crippen molar-refractivity contribution >= 4 is 11.8 Å². The van der Waals surface area contributed by atoms with Crippen molar-refractivity contribution in [2.75, 3.05) is 6.54 Å². The molecule has 0 saturated heterocycles. The van der Waals surface area contributed by atoms with Crippen molar-refractivity contribution in [2.24, 2.45) is 22.8 Å². The molecule has 0 aromatic carbocycles. The van der Waals surface area contributed by atoms with Crippen LogP contribution in [0.3, 0.4) is 0 Å². The molecule has 0 heterocycles. The van der Waals surface area contributed by atoms with Crippen LogP contribution in [0.2, 0.25) is 0 Å². The molecule has 0 radical (unpaired) electrons. The zero-order chi connectivity index (χ0) is 13.2. The van der Waals surface area contributed by atoms with E-state index in [0.29, 0.717) is 6.54 Å². The standard InChI is InChI=1S/C13H23N3O2/c14-8-13(6-1-7-13)12(18)16-10-4-2-9(3-5-10)11(15)17/h9-10H,1-8,14H2,(H2,15,17)(H,16,18). The summed E-state index contributed by atoms with van der Waals surface area (Å²) in [5.41, 5.74) is 10.7. The molecule has 2 fully saturated rings. The van der Waals surface area contributed by atoms with Crippen LogP contribution in [0.4, 0.5) is 0 Å². The number of carbonyl (C=O) groups is 2. The highest BCUT2D eigenvalue weighted by molar-refractivity contribution is 5.84. The van der Waals surface area contributed by atoms with Gasteiger partial charge in [-0.25, -0.2) is 0 Å². The molecule has 18 heavy (non-hydrogen) atoms. The smallest absolute Gasteiger partial charge is 0.227 e. The van der Waals surface area contributed by atoms with Gasteiger partial charge in [-0.05, 0) is 38.5 Å². The van der Waals surface area contributed by atoms with E-state index in [0.717, 1.165) is 44.9 Å². The van der Waals surface area contributed by atoms with Gasteiger partial charge in [0, 0.05) is 18.5 Å². The summed E-state index contributed by atoms with van der Waals surface area (Å²) in [6.45, 7) is 0.440. The molecule has 0 unspecified atom stereocenters. The summed E-state index contributed by atoms with van der Waals surface area (Å²) in [6, 6.07) is 0.192. The minimum absolute atomic E-state index is 0.00896. The molecule has 5 heteroatoms. The maximum Gasteiger partial charge on any atom is 0.227 e. The molecule has 5 N–H and O–H groups in total. The molecular formula is C13H23N3O2. The lowest BCUT2D eigenvalue weighted by molar-refractivity contribution is -0.136. The Hall–Kier alpha value is -1.10. The maximum atomic E-state index is 12.2. The number of nitrogens with one attached hydrogen (secondary N) is 1. The average Bonchev–Trinajstić information content (AvgIpc) is 2.29. The van der Waals surface area contributed by atoms with E-state index in [1.807, 2.05) is 0 Å². The van der Waals surface area contributed by atoms with Crippen LogP contribution in [-0.4, -0.2) is 24.4 Å². The molecule has 2 rings (SSSR count). The topological polar surface area (TPSA) is 98.2 Å². The average molecular weight is 253 g/mol. The molecule has 2 aliphatic carbocycles. The lowest BCUT2D eigenvalue weighted by Crippen LogP contribution is -2.53. The van der Waals surface area contributed by atoms with Crippen molar-refractivity contribution in [3.8, 4) is 0 Å². The van der Waals surface area contributed by atoms with Crippen LogP contribution in [0.15, 0.2) is 0 Å². The van der Waals surface area contributed by atoms with E-state index < -0.39 is 0 Å². The molecule has 2 aliphatic rings. The highest BCUT2D eigenvalue weighted by Gasteiger charge is 2.43. The lowest BCUT2D eigenvalue weighted by Gasteiger charge is -2.40. The van der Waals surface area contributed by atoms with Crippen LogP contribution in [0.25, 0.3) is 0 Å². The van der Waals surface area contributed by atoms with Gasteiger partial charge in [0.15, 0.2) is 0 Å². The quantitative estimate of drug-likeness (QED) is 0.671. The molecule has 0 aromatic rings. The first-order chi connectivity index (χ1) is 8.57. The molecule has 5 nitrogen and oxygen atoms in total. The van der Waals surface area contributed by atoms with Crippen molar-refractivity contribution < 1.29 is 9.59 Å². The van der Waals surface area contributed by atoms with Crippen molar-refractivity contribution in [1.29, 1.82) is 0 Å². The second kappa shape index (κ2) is 5.26. The van der Waals surface area contributed by atoms with Gasteiger partial charge < -0.3 is 16.8 Å².